The van der Waals surface area contributed by atoms with Crippen LogP contribution in [-0.4, -0.2) is 32.3 Å². The largest absolute Gasteiger partial charge is 0.337 e. The van der Waals surface area contributed by atoms with Gasteiger partial charge in [-0.05, 0) is 6.07 Å². The third-order valence-electron chi connectivity index (χ3n) is 3.04. The van der Waals surface area contributed by atoms with Crippen LogP contribution in [0.5, 0.6) is 0 Å². The van der Waals surface area contributed by atoms with Crippen LogP contribution >= 0.6 is 11.6 Å². The lowest BCUT2D eigenvalue weighted by Gasteiger charge is -2.17. The van der Waals surface area contributed by atoms with Crippen molar-refractivity contribution in [2.45, 2.75) is 6.54 Å². The van der Waals surface area contributed by atoms with Gasteiger partial charge in [-0.1, -0.05) is 11.6 Å². The highest BCUT2D eigenvalue weighted by Gasteiger charge is 2.19. The summed E-state index contributed by atoms with van der Waals surface area (Å²) in [5.74, 6) is 0.404. The summed E-state index contributed by atoms with van der Waals surface area (Å²) in [6.07, 6.45) is 3.43. The van der Waals surface area contributed by atoms with Crippen molar-refractivity contribution < 1.29 is 9.72 Å². The van der Waals surface area contributed by atoms with Gasteiger partial charge in [0.1, 0.15) is 5.82 Å². The Hall–Kier alpha value is -2.41. The molecule has 0 fully saturated rings. The van der Waals surface area contributed by atoms with Crippen LogP contribution in [0.2, 0.25) is 5.02 Å². The second-order valence-corrected chi connectivity index (χ2v) is 4.94. The molecule has 0 aliphatic carbocycles. The van der Waals surface area contributed by atoms with Crippen molar-refractivity contribution in [3.8, 4) is 0 Å². The molecule has 0 aliphatic rings. The number of non-ortho nitro benzene ring substituents is 1. The summed E-state index contributed by atoms with van der Waals surface area (Å²) < 4.78 is 1.81. The van der Waals surface area contributed by atoms with E-state index in [2.05, 4.69) is 4.98 Å². The molecule has 0 atom stereocenters. The maximum atomic E-state index is 12.3. The number of carbonyl (C=O) groups is 1. The molecule has 0 saturated carbocycles. The van der Waals surface area contributed by atoms with E-state index in [0.29, 0.717) is 6.54 Å². The third kappa shape index (κ3) is 3.19. The van der Waals surface area contributed by atoms with Crippen LogP contribution in [0.4, 0.5) is 5.69 Å². The monoisotopic (exact) mass is 308 g/mol. The number of imidazole rings is 1. The Balaban J connectivity index is 2.19. The molecule has 110 valence electrons. The minimum absolute atomic E-state index is 0.0564. The fourth-order valence-electron chi connectivity index (χ4n) is 1.83. The fraction of sp³-hybridized carbons (Fsp3) is 0.231. The maximum absolute atomic E-state index is 12.3. The Kier molecular flexibility index (Phi) is 4.23. The summed E-state index contributed by atoms with van der Waals surface area (Å²) >= 11 is 5.95. The van der Waals surface area contributed by atoms with Crippen molar-refractivity contribution in [1.82, 2.24) is 14.5 Å². The van der Waals surface area contributed by atoms with E-state index in [-0.39, 0.29) is 22.2 Å². The van der Waals surface area contributed by atoms with Crippen molar-refractivity contribution in [1.29, 1.82) is 0 Å². The summed E-state index contributed by atoms with van der Waals surface area (Å²) in [7, 11) is 3.45. The second-order valence-electron chi connectivity index (χ2n) is 4.54. The van der Waals surface area contributed by atoms with Gasteiger partial charge in [0.05, 0.1) is 22.1 Å². The molecule has 0 bridgehead atoms. The van der Waals surface area contributed by atoms with E-state index in [1.165, 1.54) is 23.1 Å². The number of hydrogen-bond acceptors (Lipinski definition) is 4. The van der Waals surface area contributed by atoms with E-state index in [1.807, 2.05) is 7.05 Å². The zero-order chi connectivity index (χ0) is 15.6. The molecule has 21 heavy (non-hydrogen) atoms. The van der Waals surface area contributed by atoms with Crippen molar-refractivity contribution >= 4 is 23.2 Å². The minimum atomic E-state index is -0.558. The number of benzene rings is 1. The normalized spacial score (nSPS) is 10.4. The smallest absolute Gasteiger partial charge is 0.270 e. The van der Waals surface area contributed by atoms with Crippen LogP contribution in [0, 0.1) is 10.1 Å². The Morgan fingerprint density at radius 1 is 1.52 bits per heavy atom. The molecule has 0 spiro atoms. The van der Waals surface area contributed by atoms with Gasteiger partial charge in [0.2, 0.25) is 0 Å². The molecule has 0 aliphatic heterocycles. The molecule has 1 aromatic carbocycles. The lowest BCUT2D eigenvalue weighted by Crippen LogP contribution is -2.27. The van der Waals surface area contributed by atoms with Crippen LogP contribution in [0.25, 0.3) is 0 Å². The summed E-state index contributed by atoms with van der Waals surface area (Å²) in [5.41, 5.74) is 0.0716. The number of hydrogen-bond donors (Lipinski definition) is 0. The molecule has 1 aromatic heterocycles. The van der Waals surface area contributed by atoms with Gasteiger partial charge in [0.15, 0.2) is 0 Å². The molecule has 0 radical (unpaired) electrons. The summed E-state index contributed by atoms with van der Waals surface area (Å²) in [5, 5.41) is 10.7. The summed E-state index contributed by atoms with van der Waals surface area (Å²) in [6, 6.07) is 3.79. The first-order chi connectivity index (χ1) is 9.90. The first-order valence-electron chi connectivity index (χ1n) is 6.05. The zero-order valence-electron chi connectivity index (χ0n) is 11.5. The van der Waals surface area contributed by atoms with Crippen LogP contribution in [-0.2, 0) is 13.6 Å². The van der Waals surface area contributed by atoms with Gasteiger partial charge in [-0.2, -0.15) is 0 Å². The molecule has 2 aromatic rings. The first-order valence-corrected chi connectivity index (χ1v) is 6.43. The van der Waals surface area contributed by atoms with E-state index >= 15 is 0 Å². The number of nitro groups is 1. The van der Waals surface area contributed by atoms with Crippen molar-refractivity contribution in [2.24, 2.45) is 7.05 Å². The second kappa shape index (κ2) is 5.92. The molecule has 0 N–H and O–H groups in total. The number of rotatable bonds is 4. The van der Waals surface area contributed by atoms with E-state index in [1.54, 1.807) is 24.0 Å². The highest BCUT2D eigenvalue weighted by Crippen LogP contribution is 2.23. The standard InChI is InChI=1S/C13H13ClN4O3/c1-16-6-5-15-12(16)8-17(2)13(19)10-4-3-9(18(20)21)7-11(10)14/h3-7H,8H2,1-2H3. The minimum Gasteiger partial charge on any atom is -0.337 e. The Morgan fingerprint density at radius 2 is 2.24 bits per heavy atom. The molecule has 1 heterocycles. The molecular weight excluding hydrogens is 296 g/mol. The van der Waals surface area contributed by atoms with Gasteiger partial charge in [0.25, 0.3) is 11.6 Å². The maximum Gasteiger partial charge on any atom is 0.270 e. The number of nitrogens with zero attached hydrogens (tertiary/aromatic N) is 4. The van der Waals surface area contributed by atoms with Crippen LogP contribution in [0.15, 0.2) is 30.6 Å². The fourth-order valence-corrected chi connectivity index (χ4v) is 2.09. The lowest BCUT2D eigenvalue weighted by atomic mass is 10.2. The highest BCUT2D eigenvalue weighted by molar-refractivity contribution is 6.34. The average molecular weight is 309 g/mol. The van der Waals surface area contributed by atoms with Gasteiger partial charge >= 0.3 is 0 Å². The van der Waals surface area contributed by atoms with Crippen molar-refractivity contribution in [3.63, 3.8) is 0 Å². The van der Waals surface area contributed by atoms with Crippen LogP contribution in [0.1, 0.15) is 16.2 Å². The quantitative estimate of drug-likeness (QED) is 0.641. The van der Waals surface area contributed by atoms with E-state index in [4.69, 9.17) is 11.6 Å². The number of halogens is 1. The number of carbonyl (C=O) groups excluding carboxylic acids is 1. The summed E-state index contributed by atoms with van der Waals surface area (Å²) in [4.78, 5) is 28.0. The summed E-state index contributed by atoms with van der Waals surface area (Å²) in [6.45, 7) is 0.315. The van der Waals surface area contributed by atoms with Gasteiger partial charge in [-0.15, -0.1) is 0 Å². The zero-order valence-corrected chi connectivity index (χ0v) is 12.2. The number of aryl methyl sites for hydroxylation is 1. The molecule has 1 amide bonds. The molecule has 0 unspecified atom stereocenters. The van der Waals surface area contributed by atoms with E-state index in [9.17, 15) is 14.9 Å². The Bertz CT molecular complexity index is 698. The van der Waals surface area contributed by atoms with Gasteiger partial charge in [-0.25, -0.2) is 4.98 Å². The highest BCUT2D eigenvalue weighted by atomic mass is 35.5. The lowest BCUT2D eigenvalue weighted by molar-refractivity contribution is -0.384. The van der Waals surface area contributed by atoms with Gasteiger partial charge in [0, 0.05) is 38.6 Å². The van der Waals surface area contributed by atoms with E-state index in [0.717, 1.165) is 5.82 Å². The Morgan fingerprint density at radius 3 is 2.76 bits per heavy atom. The molecule has 2 rings (SSSR count). The molecule has 0 saturated heterocycles. The average Bonchev–Trinajstić information content (AvgIpc) is 2.83. The predicted octanol–water partition coefficient (Wildman–Crippen LogP) is 2.25. The van der Waals surface area contributed by atoms with Crippen molar-refractivity contribution in [2.75, 3.05) is 7.05 Å². The molecule has 7 nitrogen and oxygen atoms in total. The Labute approximate surface area is 125 Å². The third-order valence-corrected chi connectivity index (χ3v) is 3.35. The first kappa shape index (κ1) is 15.0. The van der Waals surface area contributed by atoms with Crippen LogP contribution in [0.3, 0.4) is 0 Å². The van der Waals surface area contributed by atoms with E-state index < -0.39 is 4.92 Å². The number of nitro benzene ring substituents is 1. The van der Waals surface area contributed by atoms with Crippen molar-refractivity contribution in [3.05, 3.63) is 57.1 Å². The molecule has 8 heteroatoms. The topological polar surface area (TPSA) is 81.3 Å². The number of aromatic nitrogens is 2. The van der Waals surface area contributed by atoms with Gasteiger partial charge < -0.3 is 9.47 Å². The number of amides is 1. The SMILES string of the molecule is CN(Cc1nccn1C)C(=O)c1ccc([N+](=O)[O-])cc1Cl. The molecular formula is C13H13ClN4O3. The van der Waals surface area contributed by atoms with Crippen LogP contribution < -0.4 is 0 Å². The van der Waals surface area contributed by atoms with Gasteiger partial charge in [-0.3, -0.25) is 14.9 Å². The predicted molar refractivity (Wildman–Crippen MR) is 77.1 cm³/mol.